The van der Waals surface area contributed by atoms with E-state index in [4.69, 9.17) is 10.5 Å². The maximum absolute atomic E-state index is 6.14. The number of hydrogen-bond donors (Lipinski definition) is 2. The van der Waals surface area contributed by atoms with Gasteiger partial charge in [0.15, 0.2) is 5.96 Å². The van der Waals surface area contributed by atoms with Crippen LogP contribution in [-0.4, -0.2) is 43.1 Å². The van der Waals surface area contributed by atoms with Gasteiger partial charge in [-0.15, -0.1) is 24.0 Å². The fourth-order valence-electron chi connectivity index (χ4n) is 2.71. The van der Waals surface area contributed by atoms with Crippen molar-refractivity contribution in [3.8, 4) is 5.88 Å². The normalized spacial score (nSPS) is 11.2. The molecule has 154 valence electrons. The van der Waals surface area contributed by atoms with Gasteiger partial charge < -0.3 is 20.7 Å². The van der Waals surface area contributed by atoms with E-state index in [0.29, 0.717) is 25.0 Å². The molecule has 0 aliphatic heterocycles. The van der Waals surface area contributed by atoms with Crippen LogP contribution in [0.1, 0.15) is 30.5 Å². The van der Waals surface area contributed by atoms with Gasteiger partial charge in [0, 0.05) is 24.5 Å². The van der Waals surface area contributed by atoms with E-state index in [2.05, 4.69) is 52.2 Å². The molecule has 28 heavy (non-hydrogen) atoms. The van der Waals surface area contributed by atoms with E-state index < -0.39 is 0 Å². The summed E-state index contributed by atoms with van der Waals surface area (Å²) in [6.07, 6.45) is 3.63. The van der Waals surface area contributed by atoms with Gasteiger partial charge in [0.1, 0.15) is 6.61 Å². The molecule has 2 rings (SSSR count). The van der Waals surface area contributed by atoms with E-state index in [1.807, 2.05) is 26.2 Å². The van der Waals surface area contributed by atoms with Crippen LogP contribution >= 0.6 is 24.0 Å². The van der Waals surface area contributed by atoms with Crippen molar-refractivity contribution in [2.75, 3.05) is 32.6 Å². The highest BCUT2D eigenvalue weighted by atomic mass is 127. The first kappa shape index (κ1) is 24.2. The van der Waals surface area contributed by atoms with Gasteiger partial charge in [0.05, 0.1) is 6.54 Å². The summed E-state index contributed by atoms with van der Waals surface area (Å²) in [6.45, 7) is 6.20. The van der Waals surface area contributed by atoms with Crippen LogP contribution in [0.4, 0.5) is 5.69 Å². The number of likely N-dealkylation sites (N-methyl/N-ethyl adjacent to an activating group) is 1. The third-order valence-corrected chi connectivity index (χ3v) is 4.27. The number of aliphatic imine (C=N–C) groups is 1. The smallest absolute Gasteiger partial charge is 0.213 e. The Morgan fingerprint density at radius 1 is 1.18 bits per heavy atom. The van der Waals surface area contributed by atoms with Crippen molar-refractivity contribution in [1.29, 1.82) is 0 Å². The van der Waals surface area contributed by atoms with E-state index in [-0.39, 0.29) is 24.0 Å². The van der Waals surface area contributed by atoms with Crippen molar-refractivity contribution >= 4 is 35.6 Å². The van der Waals surface area contributed by atoms with Crippen molar-refractivity contribution in [2.45, 2.75) is 33.2 Å². The first-order valence-electron chi connectivity index (χ1n) is 9.43. The summed E-state index contributed by atoms with van der Waals surface area (Å²) in [5.41, 5.74) is 10.7. The number of ether oxygens (including phenoxy) is 1. The van der Waals surface area contributed by atoms with Crippen LogP contribution < -0.4 is 15.8 Å². The molecule has 2 aromatic rings. The molecule has 0 bridgehead atoms. The van der Waals surface area contributed by atoms with Gasteiger partial charge in [0.2, 0.25) is 5.88 Å². The number of halogens is 1. The second kappa shape index (κ2) is 12.6. The fraction of sp³-hybridized carbons (Fsp3) is 0.429. The molecule has 0 aliphatic carbocycles. The third-order valence-electron chi connectivity index (χ3n) is 4.27. The van der Waals surface area contributed by atoms with Crippen LogP contribution in [0.3, 0.4) is 0 Å². The Hall–Kier alpha value is -1.87. The Bertz CT molecular complexity index is 742. The Kier molecular flexibility index (Phi) is 10.8. The highest BCUT2D eigenvalue weighted by Gasteiger charge is 2.07. The number of para-hydroxylation sites is 1. The third kappa shape index (κ3) is 7.63. The zero-order chi connectivity index (χ0) is 19.6. The summed E-state index contributed by atoms with van der Waals surface area (Å²) < 4.78 is 5.67. The monoisotopic (exact) mass is 497 g/mol. The Morgan fingerprint density at radius 3 is 2.46 bits per heavy atom. The molecular weight excluding hydrogens is 465 g/mol. The van der Waals surface area contributed by atoms with Crippen molar-refractivity contribution in [1.82, 2.24) is 9.88 Å². The summed E-state index contributed by atoms with van der Waals surface area (Å²) >= 11 is 0. The molecule has 0 radical (unpaired) electrons. The Balaban J connectivity index is 0.00000392. The minimum atomic E-state index is 0. The zero-order valence-corrected chi connectivity index (χ0v) is 19.6. The number of pyridine rings is 1. The lowest BCUT2D eigenvalue weighted by molar-refractivity contribution is 0.253. The average molecular weight is 497 g/mol. The number of benzene rings is 1. The van der Waals surface area contributed by atoms with Gasteiger partial charge in [-0.1, -0.05) is 32.0 Å². The summed E-state index contributed by atoms with van der Waals surface area (Å²) in [7, 11) is 4.02. The largest absolute Gasteiger partial charge is 0.476 e. The van der Waals surface area contributed by atoms with Crippen LogP contribution in [-0.2, 0) is 19.4 Å². The van der Waals surface area contributed by atoms with Crippen molar-refractivity contribution < 1.29 is 4.74 Å². The zero-order valence-electron chi connectivity index (χ0n) is 17.2. The number of anilines is 1. The second-order valence-corrected chi connectivity index (χ2v) is 6.64. The molecule has 1 aromatic carbocycles. The molecule has 0 spiro atoms. The number of guanidine groups is 1. The summed E-state index contributed by atoms with van der Waals surface area (Å²) in [6, 6.07) is 10.2. The first-order valence-corrected chi connectivity index (χ1v) is 9.43. The maximum atomic E-state index is 6.14. The quantitative estimate of drug-likeness (QED) is 0.314. The molecule has 0 fully saturated rings. The molecule has 0 saturated heterocycles. The summed E-state index contributed by atoms with van der Waals surface area (Å²) in [4.78, 5) is 10.8. The van der Waals surface area contributed by atoms with E-state index in [0.717, 1.165) is 30.6 Å². The Labute approximate surface area is 185 Å². The number of rotatable bonds is 9. The molecule has 0 aliphatic rings. The number of nitrogens with one attached hydrogen (secondary N) is 1. The number of nitrogens with zero attached hydrogens (tertiary/aromatic N) is 3. The first-order chi connectivity index (χ1) is 13.0. The minimum Gasteiger partial charge on any atom is -0.476 e. The van der Waals surface area contributed by atoms with Gasteiger partial charge in [-0.3, -0.25) is 0 Å². The number of hydrogen-bond acceptors (Lipinski definition) is 4. The number of aryl methyl sites for hydroxylation is 2. The molecule has 0 saturated carbocycles. The van der Waals surface area contributed by atoms with Crippen LogP contribution in [0.2, 0.25) is 0 Å². The van der Waals surface area contributed by atoms with Crippen molar-refractivity contribution in [3.05, 3.63) is 53.2 Å². The Morgan fingerprint density at radius 2 is 1.86 bits per heavy atom. The van der Waals surface area contributed by atoms with Gasteiger partial charge in [-0.2, -0.15) is 0 Å². The molecule has 1 aromatic heterocycles. The predicted octanol–water partition coefficient (Wildman–Crippen LogP) is 3.69. The lowest BCUT2D eigenvalue weighted by Crippen LogP contribution is -2.24. The maximum Gasteiger partial charge on any atom is 0.213 e. The van der Waals surface area contributed by atoms with E-state index >= 15 is 0 Å². The minimum absolute atomic E-state index is 0. The topological polar surface area (TPSA) is 75.8 Å². The van der Waals surface area contributed by atoms with Crippen molar-refractivity contribution in [2.24, 2.45) is 10.7 Å². The molecule has 3 N–H and O–H groups in total. The lowest BCUT2D eigenvalue weighted by Gasteiger charge is -2.15. The lowest BCUT2D eigenvalue weighted by atomic mass is 10.0. The predicted molar refractivity (Wildman–Crippen MR) is 128 cm³/mol. The van der Waals surface area contributed by atoms with Crippen LogP contribution in [0, 0.1) is 0 Å². The molecule has 0 atom stereocenters. The SMILES string of the molecule is CCc1cccc(CC)c1NC(N)=NCc1ccnc(OCCN(C)C)c1.I. The van der Waals surface area contributed by atoms with Crippen LogP contribution in [0.15, 0.2) is 41.5 Å². The van der Waals surface area contributed by atoms with Crippen LogP contribution in [0.5, 0.6) is 5.88 Å². The van der Waals surface area contributed by atoms with Crippen LogP contribution in [0.25, 0.3) is 0 Å². The molecule has 6 nitrogen and oxygen atoms in total. The van der Waals surface area contributed by atoms with Gasteiger partial charge in [0.25, 0.3) is 0 Å². The van der Waals surface area contributed by atoms with Crippen molar-refractivity contribution in [3.63, 3.8) is 0 Å². The molecule has 0 unspecified atom stereocenters. The number of nitrogens with two attached hydrogens (primary N) is 1. The number of aromatic nitrogens is 1. The van der Waals surface area contributed by atoms with Gasteiger partial charge >= 0.3 is 0 Å². The highest BCUT2D eigenvalue weighted by Crippen LogP contribution is 2.22. The molecular formula is C21H32IN5O. The van der Waals surface area contributed by atoms with E-state index in [1.54, 1.807) is 6.20 Å². The highest BCUT2D eigenvalue weighted by molar-refractivity contribution is 14.0. The van der Waals surface area contributed by atoms with E-state index in [1.165, 1.54) is 11.1 Å². The molecule has 1 heterocycles. The van der Waals surface area contributed by atoms with E-state index in [9.17, 15) is 0 Å². The van der Waals surface area contributed by atoms with Gasteiger partial charge in [-0.25, -0.2) is 9.98 Å². The molecule has 0 amide bonds. The molecule has 7 heteroatoms. The average Bonchev–Trinajstić information content (AvgIpc) is 2.66. The summed E-state index contributed by atoms with van der Waals surface area (Å²) in [5.74, 6) is 1.03. The standard InChI is InChI=1S/C21H31N5O.HI/c1-5-17-8-7-9-18(6-2)20(17)25-21(22)24-15-16-10-11-23-19(14-16)27-13-12-26(3)4;/h7-11,14H,5-6,12-13,15H2,1-4H3,(H3,22,24,25);1H. The second-order valence-electron chi connectivity index (χ2n) is 6.64. The van der Waals surface area contributed by atoms with Gasteiger partial charge in [-0.05, 0) is 49.7 Å². The fourth-order valence-corrected chi connectivity index (χ4v) is 2.71. The summed E-state index contributed by atoms with van der Waals surface area (Å²) in [5, 5.41) is 3.29.